The molecule has 0 bridgehead atoms. The Morgan fingerprint density at radius 3 is 2.92 bits per heavy atom. The average Bonchev–Trinajstić information content (AvgIpc) is 3.19. The molecule has 2 heterocycles. The summed E-state index contributed by atoms with van der Waals surface area (Å²) < 4.78 is 5.50. The van der Waals surface area contributed by atoms with Gasteiger partial charge < -0.3 is 10.1 Å². The zero-order valence-corrected chi connectivity index (χ0v) is 15.7. The highest BCUT2D eigenvalue weighted by Crippen LogP contribution is 2.33. The monoisotopic (exact) mass is 390 g/mol. The van der Waals surface area contributed by atoms with Crippen LogP contribution in [0.3, 0.4) is 0 Å². The Balaban J connectivity index is 1.66. The molecule has 0 saturated carbocycles. The number of hydrogen-bond donors (Lipinski definition) is 1. The van der Waals surface area contributed by atoms with E-state index < -0.39 is 0 Å². The van der Waals surface area contributed by atoms with Crippen molar-refractivity contribution in [3.05, 3.63) is 51.6 Å². The molecule has 0 aliphatic carbocycles. The number of carbonyl (C=O) groups excluding carboxylic acids is 2. The number of rotatable bonds is 5. The number of thiophene rings is 1. The van der Waals surface area contributed by atoms with E-state index >= 15 is 0 Å². The van der Waals surface area contributed by atoms with Gasteiger partial charge in [0.15, 0.2) is 0 Å². The van der Waals surface area contributed by atoms with Crippen LogP contribution in [0.1, 0.15) is 4.88 Å². The Morgan fingerprint density at radius 2 is 2.20 bits per heavy atom. The summed E-state index contributed by atoms with van der Waals surface area (Å²) in [6.45, 7) is -0.121. The molecule has 1 aromatic heterocycles. The average molecular weight is 391 g/mol. The fourth-order valence-corrected chi connectivity index (χ4v) is 4.16. The zero-order valence-electron chi connectivity index (χ0n) is 13.2. The lowest BCUT2D eigenvalue weighted by molar-refractivity contribution is -0.126. The summed E-state index contributed by atoms with van der Waals surface area (Å²) in [6, 6.07) is 10.9. The van der Waals surface area contributed by atoms with Gasteiger partial charge in [-0.25, -0.2) is 0 Å². The molecule has 5 nitrogen and oxygen atoms in total. The van der Waals surface area contributed by atoms with Gasteiger partial charge in [-0.05, 0) is 29.7 Å². The van der Waals surface area contributed by atoms with E-state index in [2.05, 4.69) is 5.32 Å². The highest BCUT2D eigenvalue weighted by molar-refractivity contribution is 8.26. The first-order valence-corrected chi connectivity index (χ1v) is 9.40. The largest absolute Gasteiger partial charge is 0.497 e. The van der Waals surface area contributed by atoms with E-state index in [-0.39, 0.29) is 18.4 Å². The van der Waals surface area contributed by atoms with Crippen LogP contribution in [0.5, 0.6) is 5.75 Å². The van der Waals surface area contributed by atoms with Crippen molar-refractivity contribution in [1.82, 2.24) is 4.90 Å². The zero-order chi connectivity index (χ0) is 17.8. The first-order chi connectivity index (χ1) is 12.1. The minimum Gasteiger partial charge on any atom is -0.497 e. The third kappa shape index (κ3) is 4.28. The number of nitrogens with zero attached hydrogens (tertiary/aromatic N) is 1. The van der Waals surface area contributed by atoms with Gasteiger partial charge >= 0.3 is 0 Å². The standard InChI is InChI=1S/C17H14N2O3S3/c1-22-12-5-2-4-11(8-12)18-15(20)10-19-16(21)14(25-17(19)23)9-13-6-3-7-24-13/h2-9H,10H2,1H3,(H,18,20)/b14-9-. The molecule has 128 valence electrons. The van der Waals surface area contributed by atoms with Gasteiger partial charge in [-0.3, -0.25) is 14.5 Å². The first kappa shape index (κ1) is 17.7. The van der Waals surface area contributed by atoms with Crippen molar-refractivity contribution in [3.63, 3.8) is 0 Å². The highest BCUT2D eigenvalue weighted by Gasteiger charge is 2.33. The van der Waals surface area contributed by atoms with E-state index in [0.29, 0.717) is 20.7 Å². The van der Waals surface area contributed by atoms with Gasteiger partial charge in [0.25, 0.3) is 5.91 Å². The Hall–Kier alpha value is -2.16. The molecular weight excluding hydrogens is 376 g/mol. The van der Waals surface area contributed by atoms with Gasteiger partial charge in [0.2, 0.25) is 5.91 Å². The maximum absolute atomic E-state index is 12.5. The minimum atomic E-state index is -0.318. The van der Waals surface area contributed by atoms with Crippen LogP contribution in [-0.2, 0) is 9.59 Å². The van der Waals surface area contributed by atoms with Gasteiger partial charge in [-0.15, -0.1) is 11.3 Å². The summed E-state index contributed by atoms with van der Waals surface area (Å²) >= 11 is 7.99. The topological polar surface area (TPSA) is 58.6 Å². The minimum absolute atomic E-state index is 0.121. The summed E-state index contributed by atoms with van der Waals surface area (Å²) in [6.07, 6.45) is 1.80. The molecule has 1 N–H and O–H groups in total. The van der Waals surface area contributed by atoms with Gasteiger partial charge in [-0.2, -0.15) is 0 Å². The van der Waals surface area contributed by atoms with E-state index in [9.17, 15) is 9.59 Å². The number of thiocarbonyl (C=S) groups is 1. The summed E-state index contributed by atoms with van der Waals surface area (Å²) in [7, 11) is 1.56. The van der Waals surface area contributed by atoms with E-state index in [4.69, 9.17) is 17.0 Å². The Bertz CT molecular complexity index is 847. The molecule has 8 heteroatoms. The third-order valence-corrected chi connectivity index (χ3v) is 5.54. The molecule has 0 spiro atoms. The van der Waals surface area contributed by atoms with Crippen LogP contribution in [0.4, 0.5) is 5.69 Å². The molecule has 1 aliphatic rings. The molecule has 0 unspecified atom stereocenters. The summed E-state index contributed by atoms with van der Waals surface area (Å²) in [4.78, 5) is 27.6. The van der Waals surface area contributed by atoms with Crippen molar-refractivity contribution in [2.75, 3.05) is 19.0 Å². The molecule has 1 saturated heterocycles. The van der Waals surface area contributed by atoms with Gasteiger partial charge in [0.1, 0.15) is 16.6 Å². The SMILES string of the molecule is COc1cccc(NC(=O)CN2C(=O)/C(=C/c3cccs3)SC2=S)c1. The number of ether oxygens (including phenoxy) is 1. The maximum atomic E-state index is 12.5. The second kappa shape index (κ2) is 7.81. The van der Waals surface area contributed by atoms with Crippen LogP contribution in [0, 0.1) is 0 Å². The maximum Gasteiger partial charge on any atom is 0.266 e. The van der Waals surface area contributed by atoms with Crippen molar-refractivity contribution in [1.29, 1.82) is 0 Å². The van der Waals surface area contributed by atoms with Crippen LogP contribution in [-0.4, -0.2) is 34.7 Å². The smallest absolute Gasteiger partial charge is 0.266 e. The molecule has 25 heavy (non-hydrogen) atoms. The van der Waals surface area contributed by atoms with E-state index in [1.54, 1.807) is 37.5 Å². The lowest BCUT2D eigenvalue weighted by atomic mass is 10.3. The predicted octanol–water partition coefficient (Wildman–Crippen LogP) is 3.60. The van der Waals surface area contributed by atoms with Crippen molar-refractivity contribution < 1.29 is 14.3 Å². The molecule has 1 fully saturated rings. The molecule has 1 aliphatic heterocycles. The Labute approximate surface area is 158 Å². The van der Waals surface area contributed by atoms with Crippen LogP contribution in [0.2, 0.25) is 0 Å². The number of nitrogens with one attached hydrogen (secondary N) is 1. The van der Waals surface area contributed by atoms with Crippen molar-refractivity contribution in [3.8, 4) is 5.75 Å². The van der Waals surface area contributed by atoms with E-state index in [0.717, 1.165) is 4.88 Å². The van der Waals surface area contributed by atoms with Crippen molar-refractivity contribution in [2.45, 2.75) is 0 Å². The lowest BCUT2D eigenvalue weighted by Crippen LogP contribution is -2.36. The number of hydrogen-bond acceptors (Lipinski definition) is 6. The fourth-order valence-electron chi connectivity index (χ4n) is 2.18. The molecule has 2 aromatic rings. The van der Waals surface area contributed by atoms with E-state index in [1.165, 1.54) is 28.0 Å². The number of thioether (sulfide) groups is 1. The van der Waals surface area contributed by atoms with Crippen molar-refractivity contribution in [2.24, 2.45) is 0 Å². The lowest BCUT2D eigenvalue weighted by Gasteiger charge is -2.14. The predicted molar refractivity (Wildman–Crippen MR) is 106 cm³/mol. The Morgan fingerprint density at radius 1 is 1.36 bits per heavy atom. The molecule has 0 atom stereocenters. The third-order valence-electron chi connectivity index (χ3n) is 3.35. The normalized spacial score (nSPS) is 15.7. The fraction of sp³-hybridized carbons (Fsp3) is 0.118. The number of carbonyl (C=O) groups is 2. The summed E-state index contributed by atoms with van der Waals surface area (Å²) in [5.74, 6) is 0.0772. The molecule has 2 amide bonds. The highest BCUT2D eigenvalue weighted by atomic mass is 32.2. The first-order valence-electron chi connectivity index (χ1n) is 7.29. The molecule has 0 radical (unpaired) electrons. The van der Waals surface area contributed by atoms with Crippen LogP contribution >= 0.6 is 35.3 Å². The second-order valence-electron chi connectivity index (χ2n) is 5.06. The van der Waals surface area contributed by atoms with Crippen molar-refractivity contribution >= 4 is 63.2 Å². The van der Waals surface area contributed by atoms with Gasteiger partial charge in [0, 0.05) is 16.6 Å². The second-order valence-corrected chi connectivity index (χ2v) is 7.72. The summed E-state index contributed by atoms with van der Waals surface area (Å²) in [5, 5.41) is 4.68. The van der Waals surface area contributed by atoms with Gasteiger partial charge in [-0.1, -0.05) is 36.1 Å². The van der Waals surface area contributed by atoms with E-state index in [1.807, 2.05) is 17.5 Å². The molecule has 3 rings (SSSR count). The molecular formula is C17H14N2O3S3. The molecule has 1 aromatic carbocycles. The number of anilines is 1. The number of benzene rings is 1. The number of amides is 2. The number of methoxy groups -OCH3 is 1. The summed E-state index contributed by atoms with van der Waals surface area (Å²) in [5.41, 5.74) is 0.601. The van der Waals surface area contributed by atoms with Crippen LogP contribution < -0.4 is 10.1 Å². The van der Waals surface area contributed by atoms with Gasteiger partial charge in [0.05, 0.1) is 12.0 Å². The van der Waals surface area contributed by atoms with Crippen LogP contribution in [0.15, 0.2) is 46.7 Å². The Kier molecular flexibility index (Phi) is 5.52. The quantitative estimate of drug-likeness (QED) is 0.624. The van der Waals surface area contributed by atoms with Crippen LogP contribution in [0.25, 0.3) is 6.08 Å².